The molecule has 0 spiro atoms. The lowest BCUT2D eigenvalue weighted by atomic mass is 10.1. The SMILES string of the molecule is CC(C)(C)[Si](C)(C)O/C(=C/c1ccccc1)Cc1ccccc1. The summed E-state index contributed by atoms with van der Waals surface area (Å²) in [6.07, 6.45) is 3.02. The van der Waals surface area contributed by atoms with Crippen LogP contribution >= 0.6 is 0 Å². The second kappa shape index (κ2) is 7.18. The first-order chi connectivity index (χ1) is 10.8. The lowest BCUT2D eigenvalue weighted by Gasteiger charge is -2.37. The molecule has 0 fully saturated rings. The van der Waals surface area contributed by atoms with Gasteiger partial charge in [0.25, 0.3) is 0 Å². The van der Waals surface area contributed by atoms with Gasteiger partial charge >= 0.3 is 0 Å². The summed E-state index contributed by atoms with van der Waals surface area (Å²) < 4.78 is 6.61. The highest BCUT2D eigenvalue weighted by Crippen LogP contribution is 2.38. The van der Waals surface area contributed by atoms with E-state index in [2.05, 4.69) is 94.5 Å². The van der Waals surface area contributed by atoms with Gasteiger partial charge in [0, 0.05) is 6.42 Å². The van der Waals surface area contributed by atoms with Crippen LogP contribution in [0.2, 0.25) is 18.1 Å². The standard InChI is InChI=1S/C21H28OSi/c1-21(2,3)23(4,5)22-20(16-18-12-8-6-9-13-18)17-19-14-10-7-11-15-19/h6-16H,17H2,1-5H3/b20-16+. The van der Waals surface area contributed by atoms with E-state index in [1.807, 2.05) is 6.07 Å². The van der Waals surface area contributed by atoms with Crippen LogP contribution in [0.4, 0.5) is 0 Å². The number of allylic oxidation sites excluding steroid dienone is 1. The largest absolute Gasteiger partial charge is 0.546 e. The molecule has 0 saturated heterocycles. The molecule has 2 aromatic carbocycles. The highest BCUT2D eigenvalue weighted by molar-refractivity contribution is 6.74. The Morgan fingerprint density at radius 2 is 1.43 bits per heavy atom. The van der Waals surface area contributed by atoms with Gasteiger partial charge in [-0.2, -0.15) is 0 Å². The van der Waals surface area contributed by atoms with Crippen molar-refractivity contribution in [3.8, 4) is 0 Å². The van der Waals surface area contributed by atoms with Gasteiger partial charge in [-0.3, -0.25) is 0 Å². The van der Waals surface area contributed by atoms with Crippen molar-refractivity contribution in [3.63, 3.8) is 0 Å². The quantitative estimate of drug-likeness (QED) is 0.464. The predicted octanol–water partition coefficient (Wildman–Crippen LogP) is 6.29. The van der Waals surface area contributed by atoms with E-state index in [-0.39, 0.29) is 5.04 Å². The Morgan fingerprint density at radius 3 is 1.96 bits per heavy atom. The van der Waals surface area contributed by atoms with E-state index >= 15 is 0 Å². The number of hydrogen-bond donors (Lipinski definition) is 0. The van der Waals surface area contributed by atoms with Crippen LogP contribution in [-0.2, 0) is 10.8 Å². The summed E-state index contributed by atoms with van der Waals surface area (Å²) in [6, 6.07) is 21.0. The van der Waals surface area contributed by atoms with Gasteiger partial charge in [0.05, 0.1) is 5.76 Å². The Balaban J connectivity index is 2.30. The minimum absolute atomic E-state index is 0.194. The molecule has 0 aromatic heterocycles. The zero-order chi connectivity index (χ0) is 16.9. The molecule has 122 valence electrons. The summed E-state index contributed by atoms with van der Waals surface area (Å²) in [5.41, 5.74) is 2.48. The van der Waals surface area contributed by atoms with E-state index in [1.54, 1.807) is 0 Å². The molecule has 0 heterocycles. The molecule has 0 atom stereocenters. The third-order valence-corrected chi connectivity index (χ3v) is 8.93. The fourth-order valence-corrected chi connectivity index (χ4v) is 3.22. The van der Waals surface area contributed by atoms with Crippen molar-refractivity contribution < 1.29 is 4.43 Å². The second-order valence-corrected chi connectivity index (χ2v) is 12.3. The monoisotopic (exact) mass is 324 g/mol. The first-order valence-electron chi connectivity index (χ1n) is 8.26. The summed E-state index contributed by atoms with van der Waals surface area (Å²) in [5, 5.41) is 0.194. The Kier molecular flexibility index (Phi) is 5.48. The van der Waals surface area contributed by atoms with Crippen LogP contribution in [0.5, 0.6) is 0 Å². The zero-order valence-corrected chi connectivity index (χ0v) is 16.0. The molecular formula is C21H28OSi. The van der Waals surface area contributed by atoms with Gasteiger partial charge in [0.2, 0.25) is 8.32 Å². The smallest absolute Gasteiger partial charge is 0.250 e. The molecule has 0 N–H and O–H groups in total. The van der Waals surface area contributed by atoms with Crippen LogP contribution in [-0.4, -0.2) is 8.32 Å². The van der Waals surface area contributed by atoms with Crippen LogP contribution in [0.25, 0.3) is 6.08 Å². The first kappa shape index (κ1) is 17.5. The van der Waals surface area contributed by atoms with Crippen molar-refractivity contribution in [3.05, 3.63) is 77.5 Å². The number of benzene rings is 2. The highest BCUT2D eigenvalue weighted by Gasteiger charge is 2.39. The maximum absolute atomic E-state index is 6.61. The maximum atomic E-state index is 6.61. The normalized spacial score (nSPS) is 13.0. The zero-order valence-electron chi connectivity index (χ0n) is 15.0. The molecule has 0 radical (unpaired) electrons. The van der Waals surface area contributed by atoms with Gasteiger partial charge in [0.15, 0.2) is 0 Å². The van der Waals surface area contributed by atoms with Gasteiger partial charge < -0.3 is 4.43 Å². The van der Waals surface area contributed by atoms with Gasteiger partial charge in [-0.1, -0.05) is 81.4 Å². The van der Waals surface area contributed by atoms with Crippen molar-refractivity contribution in [2.24, 2.45) is 0 Å². The molecule has 0 unspecified atom stereocenters. The van der Waals surface area contributed by atoms with Crippen LogP contribution in [0.1, 0.15) is 31.9 Å². The summed E-state index contributed by atoms with van der Waals surface area (Å²) in [6.45, 7) is 11.4. The highest BCUT2D eigenvalue weighted by atomic mass is 28.4. The minimum Gasteiger partial charge on any atom is -0.546 e. The molecule has 2 rings (SSSR count). The number of hydrogen-bond acceptors (Lipinski definition) is 1. The van der Waals surface area contributed by atoms with E-state index in [0.29, 0.717) is 0 Å². The third kappa shape index (κ3) is 5.10. The second-order valence-electron chi connectivity index (χ2n) is 7.55. The molecule has 0 bridgehead atoms. The summed E-state index contributed by atoms with van der Waals surface area (Å²) in [7, 11) is -1.84. The maximum Gasteiger partial charge on any atom is 0.250 e. The molecular weight excluding hydrogens is 296 g/mol. The molecule has 2 heteroatoms. The third-order valence-electron chi connectivity index (χ3n) is 4.54. The predicted molar refractivity (Wildman–Crippen MR) is 103 cm³/mol. The van der Waals surface area contributed by atoms with E-state index in [9.17, 15) is 0 Å². The lowest BCUT2D eigenvalue weighted by Crippen LogP contribution is -2.40. The molecule has 0 saturated carbocycles. The average Bonchev–Trinajstić information content (AvgIpc) is 2.47. The molecule has 23 heavy (non-hydrogen) atoms. The molecule has 0 aliphatic carbocycles. The molecule has 0 amide bonds. The first-order valence-corrected chi connectivity index (χ1v) is 11.2. The van der Waals surface area contributed by atoms with Crippen molar-refractivity contribution in [2.75, 3.05) is 0 Å². The van der Waals surface area contributed by atoms with Gasteiger partial charge in [0.1, 0.15) is 0 Å². The van der Waals surface area contributed by atoms with E-state index in [1.165, 1.54) is 11.1 Å². The Hall–Kier alpha value is -1.80. The van der Waals surface area contributed by atoms with Crippen molar-refractivity contribution in [1.82, 2.24) is 0 Å². The van der Waals surface area contributed by atoms with Gasteiger partial charge in [-0.05, 0) is 35.3 Å². The molecule has 0 aliphatic rings. The Morgan fingerprint density at radius 1 is 0.913 bits per heavy atom. The molecule has 2 aromatic rings. The molecule has 0 aliphatic heterocycles. The van der Waals surface area contributed by atoms with Crippen LogP contribution in [0.15, 0.2) is 66.4 Å². The van der Waals surface area contributed by atoms with E-state index in [0.717, 1.165) is 12.2 Å². The topological polar surface area (TPSA) is 9.23 Å². The summed E-state index contributed by atoms with van der Waals surface area (Å²) in [5.74, 6) is 1.06. The fraction of sp³-hybridized carbons (Fsp3) is 0.333. The van der Waals surface area contributed by atoms with E-state index < -0.39 is 8.32 Å². The van der Waals surface area contributed by atoms with Gasteiger partial charge in [-0.25, -0.2) is 0 Å². The van der Waals surface area contributed by atoms with Crippen molar-refractivity contribution in [2.45, 2.75) is 45.3 Å². The Labute approximate surface area is 142 Å². The van der Waals surface area contributed by atoms with Crippen LogP contribution < -0.4 is 0 Å². The van der Waals surface area contributed by atoms with Crippen LogP contribution in [0, 0.1) is 0 Å². The lowest BCUT2D eigenvalue weighted by molar-refractivity contribution is 0.378. The fourth-order valence-electron chi connectivity index (χ4n) is 2.13. The Bertz CT molecular complexity index is 637. The van der Waals surface area contributed by atoms with Crippen molar-refractivity contribution >= 4 is 14.4 Å². The van der Waals surface area contributed by atoms with E-state index in [4.69, 9.17) is 4.43 Å². The van der Waals surface area contributed by atoms with Crippen molar-refractivity contribution in [1.29, 1.82) is 0 Å². The average molecular weight is 325 g/mol. The number of rotatable bonds is 5. The molecule has 1 nitrogen and oxygen atoms in total. The van der Waals surface area contributed by atoms with Crippen LogP contribution in [0.3, 0.4) is 0 Å². The summed E-state index contributed by atoms with van der Waals surface area (Å²) >= 11 is 0. The van der Waals surface area contributed by atoms with Gasteiger partial charge in [-0.15, -0.1) is 0 Å². The summed E-state index contributed by atoms with van der Waals surface area (Å²) in [4.78, 5) is 0. The minimum atomic E-state index is -1.84.